The third-order valence-corrected chi connectivity index (χ3v) is 3.95. The van der Waals surface area contributed by atoms with Crippen LogP contribution in [0.3, 0.4) is 0 Å². The van der Waals surface area contributed by atoms with Gasteiger partial charge in [-0.25, -0.2) is 0 Å². The van der Waals surface area contributed by atoms with Crippen LogP contribution in [0, 0.1) is 5.41 Å². The molecule has 0 bridgehead atoms. The van der Waals surface area contributed by atoms with Crippen molar-refractivity contribution in [1.82, 2.24) is 5.32 Å². The van der Waals surface area contributed by atoms with Crippen molar-refractivity contribution in [3.8, 4) is 0 Å². The molecule has 18 heavy (non-hydrogen) atoms. The van der Waals surface area contributed by atoms with E-state index in [9.17, 15) is 0 Å². The quantitative estimate of drug-likeness (QED) is 0.608. The maximum absolute atomic E-state index is 5.76. The zero-order valence-corrected chi connectivity index (χ0v) is 12.2. The molecule has 0 aromatic heterocycles. The second kappa shape index (κ2) is 8.86. The Morgan fingerprint density at radius 3 is 2.78 bits per heavy atom. The van der Waals surface area contributed by atoms with Gasteiger partial charge in [0.25, 0.3) is 0 Å². The van der Waals surface area contributed by atoms with E-state index >= 15 is 0 Å². The van der Waals surface area contributed by atoms with Crippen molar-refractivity contribution >= 4 is 0 Å². The van der Waals surface area contributed by atoms with Gasteiger partial charge in [0.05, 0.1) is 19.3 Å². The molecule has 1 fully saturated rings. The second-order valence-corrected chi connectivity index (χ2v) is 5.11. The number of hydrogen-bond acceptors (Lipinski definition) is 4. The minimum atomic E-state index is 0.306. The van der Waals surface area contributed by atoms with Gasteiger partial charge in [0.1, 0.15) is 0 Å². The molecular formula is C14H29NO3. The summed E-state index contributed by atoms with van der Waals surface area (Å²) in [6.07, 6.45) is 3.80. The van der Waals surface area contributed by atoms with Crippen LogP contribution in [0.4, 0.5) is 0 Å². The smallest absolute Gasteiger partial charge is 0.0700 e. The van der Waals surface area contributed by atoms with Crippen molar-refractivity contribution in [1.29, 1.82) is 0 Å². The molecule has 0 saturated carbocycles. The Hall–Kier alpha value is -0.160. The summed E-state index contributed by atoms with van der Waals surface area (Å²) in [7, 11) is 1.70. The molecule has 0 radical (unpaired) electrons. The largest absolute Gasteiger partial charge is 0.382 e. The Labute approximate surface area is 111 Å². The van der Waals surface area contributed by atoms with Gasteiger partial charge in [0.15, 0.2) is 0 Å². The molecule has 108 valence electrons. The van der Waals surface area contributed by atoms with E-state index in [1.807, 2.05) is 0 Å². The van der Waals surface area contributed by atoms with Crippen LogP contribution in [0.15, 0.2) is 0 Å². The fourth-order valence-corrected chi connectivity index (χ4v) is 2.61. The van der Waals surface area contributed by atoms with Crippen LogP contribution in [0.2, 0.25) is 0 Å². The summed E-state index contributed by atoms with van der Waals surface area (Å²) in [5.74, 6) is 0. The van der Waals surface area contributed by atoms with Crippen molar-refractivity contribution in [3.63, 3.8) is 0 Å². The predicted molar refractivity (Wildman–Crippen MR) is 72.9 cm³/mol. The fraction of sp³-hybridized carbons (Fsp3) is 1.00. The summed E-state index contributed by atoms with van der Waals surface area (Å²) >= 11 is 0. The molecule has 0 aliphatic carbocycles. The molecule has 0 spiro atoms. The average Bonchev–Trinajstić information content (AvgIpc) is 2.73. The van der Waals surface area contributed by atoms with E-state index in [0.717, 1.165) is 32.7 Å². The first-order chi connectivity index (χ1) is 8.75. The van der Waals surface area contributed by atoms with Gasteiger partial charge in [-0.3, -0.25) is 0 Å². The maximum atomic E-state index is 5.76. The SMILES string of the molecule is CCNCC1(CCCOCCOC)CCOC1C. The lowest BCUT2D eigenvalue weighted by Crippen LogP contribution is -2.39. The second-order valence-electron chi connectivity index (χ2n) is 5.11. The summed E-state index contributed by atoms with van der Waals surface area (Å²) in [6, 6.07) is 0. The average molecular weight is 259 g/mol. The summed E-state index contributed by atoms with van der Waals surface area (Å²) < 4.78 is 16.2. The van der Waals surface area contributed by atoms with E-state index in [2.05, 4.69) is 19.2 Å². The van der Waals surface area contributed by atoms with Crippen LogP contribution in [0.5, 0.6) is 0 Å². The molecule has 2 unspecified atom stereocenters. The van der Waals surface area contributed by atoms with E-state index in [1.165, 1.54) is 12.8 Å². The van der Waals surface area contributed by atoms with Gasteiger partial charge in [-0.2, -0.15) is 0 Å². The minimum Gasteiger partial charge on any atom is -0.382 e. The van der Waals surface area contributed by atoms with E-state index in [-0.39, 0.29) is 0 Å². The summed E-state index contributed by atoms with van der Waals surface area (Å²) in [5, 5.41) is 3.48. The number of ether oxygens (including phenoxy) is 3. The molecule has 1 saturated heterocycles. The van der Waals surface area contributed by atoms with E-state index in [4.69, 9.17) is 14.2 Å². The first-order valence-corrected chi connectivity index (χ1v) is 7.14. The molecule has 1 aliphatic rings. The number of hydrogen-bond donors (Lipinski definition) is 1. The van der Waals surface area contributed by atoms with Gasteiger partial charge in [0, 0.05) is 32.3 Å². The number of rotatable bonds is 10. The lowest BCUT2D eigenvalue weighted by molar-refractivity contribution is 0.0407. The standard InChI is InChI=1S/C14H29NO3/c1-4-15-12-14(7-9-18-13(14)2)6-5-8-17-11-10-16-3/h13,15H,4-12H2,1-3H3. The van der Waals surface area contributed by atoms with Crippen LogP contribution in [-0.4, -0.2) is 52.7 Å². The summed E-state index contributed by atoms with van der Waals surface area (Å²) in [4.78, 5) is 0. The van der Waals surface area contributed by atoms with Gasteiger partial charge >= 0.3 is 0 Å². The van der Waals surface area contributed by atoms with Crippen molar-refractivity contribution in [2.45, 2.75) is 39.2 Å². The molecule has 0 amide bonds. The Kier molecular flexibility index (Phi) is 7.82. The first kappa shape index (κ1) is 15.9. The van der Waals surface area contributed by atoms with Crippen LogP contribution in [0.1, 0.15) is 33.1 Å². The van der Waals surface area contributed by atoms with Crippen LogP contribution >= 0.6 is 0 Å². The fourth-order valence-electron chi connectivity index (χ4n) is 2.61. The molecule has 1 rings (SSSR count). The highest BCUT2D eigenvalue weighted by Crippen LogP contribution is 2.38. The van der Waals surface area contributed by atoms with E-state index in [0.29, 0.717) is 24.7 Å². The number of methoxy groups -OCH3 is 1. The molecule has 0 aromatic carbocycles. The third-order valence-electron chi connectivity index (χ3n) is 3.95. The highest BCUT2D eigenvalue weighted by Gasteiger charge is 2.40. The Balaban J connectivity index is 2.24. The van der Waals surface area contributed by atoms with Gasteiger partial charge in [0.2, 0.25) is 0 Å². The van der Waals surface area contributed by atoms with E-state index in [1.54, 1.807) is 7.11 Å². The molecule has 1 N–H and O–H groups in total. The number of nitrogens with one attached hydrogen (secondary N) is 1. The lowest BCUT2D eigenvalue weighted by Gasteiger charge is -2.32. The normalized spacial score (nSPS) is 27.8. The Morgan fingerprint density at radius 1 is 1.33 bits per heavy atom. The highest BCUT2D eigenvalue weighted by molar-refractivity contribution is 4.91. The molecule has 4 heteroatoms. The molecule has 1 aliphatic heterocycles. The van der Waals surface area contributed by atoms with Crippen LogP contribution in [-0.2, 0) is 14.2 Å². The topological polar surface area (TPSA) is 39.7 Å². The summed E-state index contributed by atoms with van der Waals surface area (Å²) in [6.45, 7) is 9.55. The maximum Gasteiger partial charge on any atom is 0.0700 e. The molecule has 2 atom stereocenters. The van der Waals surface area contributed by atoms with E-state index < -0.39 is 0 Å². The Morgan fingerprint density at radius 2 is 2.17 bits per heavy atom. The Bertz CT molecular complexity index is 213. The van der Waals surface area contributed by atoms with Crippen molar-refractivity contribution in [3.05, 3.63) is 0 Å². The van der Waals surface area contributed by atoms with Gasteiger partial charge < -0.3 is 19.5 Å². The van der Waals surface area contributed by atoms with Gasteiger partial charge in [-0.05, 0) is 32.7 Å². The zero-order chi connectivity index (χ0) is 13.3. The molecule has 4 nitrogen and oxygen atoms in total. The summed E-state index contributed by atoms with van der Waals surface area (Å²) in [5.41, 5.74) is 0.306. The third kappa shape index (κ3) is 4.84. The molecule has 0 aromatic rings. The van der Waals surface area contributed by atoms with Gasteiger partial charge in [-0.15, -0.1) is 0 Å². The molecule has 1 heterocycles. The van der Waals surface area contributed by atoms with Crippen LogP contribution in [0.25, 0.3) is 0 Å². The van der Waals surface area contributed by atoms with Crippen molar-refractivity contribution < 1.29 is 14.2 Å². The lowest BCUT2D eigenvalue weighted by atomic mass is 9.77. The highest BCUT2D eigenvalue weighted by atomic mass is 16.5. The molecular weight excluding hydrogens is 230 g/mol. The van der Waals surface area contributed by atoms with Crippen molar-refractivity contribution in [2.24, 2.45) is 5.41 Å². The van der Waals surface area contributed by atoms with Crippen LogP contribution < -0.4 is 5.32 Å². The van der Waals surface area contributed by atoms with Gasteiger partial charge in [-0.1, -0.05) is 6.92 Å². The predicted octanol–water partition coefficient (Wildman–Crippen LogP) is 1.83. The first-order valence-electron chi connectivity index (χ1n) is 7.14. The minimum absolute atomic E-state index is 0.306. The zero-order valence-electron chi connectivity index (χ0n) is 12.2. The van der Waals surface area contributed by atoms with Crippen molar-refractivity contribution in [2.75, 3.05) is 46.6 Å². The monoisotopic (exact) mass is 259 g/mol.